The van der Waals surface area contributed by atoms with E-state index in [-0.39, 0.29) is 23.6 Å². The Morgan fingerprint density at radius 1 is 1.09 bits per heavy atom. The van der Waals surface area contributed by atoms with Crippen molar-refractivity contribution >= 4 is 40.5 Å². The molecule has 1 saturated carbocycles. The quantitative estimate of drug-likeness (QED) is 0.655. The number of aromatic hydroxyl groups is 1. The average molecular weight is 473 g/mol. The van der Waals surface area contributed by atoms with Gasteiger partial charge in [0.05, 0.1) is 16.8 Å². The van der Waals surface area contributed by atoms with E-state index in [9.17, 15) is 9.90 Å². The van der Waals surface area contributed by atoms with Crippen LogP contribution in [0.2, 0.25) is 10.0 Å². The Kier molecular flexibility index (Phi) is 5.78. The third-order valence-electron chi connectivity index (χ3n) is 6.99. The number of carbonyl (C=O) groups is 1. The molecule has 2 N–H and O–H groups in total. The number of hydrogen-bond donors (Lipinski definition) is 2. The smallest absolute Gasteiger partial charge is 0.282 e. The summed E-state index contributed by atoms with van der Waals surface area (Å²) in [4.78, 5) is 13.3. The van der Waals surface area contributed by atoms with Crippen LogP contribution in [0.25, 0.3) is 0 Å². The Hall–Kier alpha value is -2.28. The Morgan fingerprint density at radius 2 is 1.78 bits per heavy atom. The zero-order chi connectivity index (χ0) is 22.4. The largest absolute Gasteiger partial charge is 0.508 e. The number of phenols is 1. The molecule has 168 valence electrons. The first-order valence-electron chi connectivity index (χ1n) is 11.1. The second-order valence-electron chi connectivity index (χ2n) is 9.05. The number of rotatable bonds is 4. The van der Waals surface area contributed by atoms with E-state index >= 15 is 0 Å². The molecule has 1 saturated heterocycles. The summed E-state index contributed by atoms with van der Waals surface area (Å²) in [6, 6.07) is 12.0. The molecule has 8 heteroatoms. The second kappa shape index (κ2) is 8.58. The molecule has 2 aliphatic heterocycles. The van der Waals surface area contributed by atoms with Gasteiger partial charge in [-0.2, -0.15) is 5.10 Å². The fraction of sp³-hybridized carbons (Fsp3) is 0.417. The van der Waals surface area contributed by atoms with E-state index in [0.29, 0.717) is 33.3 Å². The van der Waals surface area contributed by atoms with Crippen LogP contribution in [0.3, 0.4) is 0 Å². The number of fused-ring (bicyclic) bond motifs is 1. The summed E-state index contributed by atoms with van der Waals surface area (Å²) in [7, 11) is 0. The van der Waals surface area contributed by atoms with E-state index in [2.05, 4.69) is 10.4 Å². The molecule has 2 unspecified atom stereocenters. The van der Waals surface area contributed by atoms with Crippen LogP contribution in [-0.2, 0) is 4.79 Å². The van der Waals surface area contributed by atoms with E-state index in [0.717, 1.165) is 18.7 Å². The number of nitrogens with zero attached hydrogens (tertiary/aromatic N) is 3. The lowest BCUT2D eigenvalue weighted by Crippen LogP contribution is -2.45. The van der Waals surface area contributed by atoms with Crippen molar-refractivity contribution in [2.45, 2.75) is 32.2 Å². The highest BCUT2D eigenvalue weighted by molar-refractivity contribution is 6.41. The zero-order valence-electron chi connectivity index (χ0n) is 17.8. The van der Waals surface area contributed by atoms with E-state index in [1.54, 1.807) is 29.3 Å². The molecular formula is C24H26Cl2N4O2. The third-order valence-corrected chi connectivity index (χ3v) is 7.53. The first-order valence-corrected chi connectivity index (χ1v) is 11.8. The maximum Gasteiger partial charge on any atom is 0.282 e. The molecule has 3 aliphatic rings. The SMILES string of the molecule is C[C@@H]1C(C(=O)NN2CC3CCCC3C2)=NN(c2ccc(Cl)cc2Cl)[C@H]1c1ccc(O)cc1. The van der Waals surface area contributed by atoms with Crippen LogP contribution in [0.4, 0.5) is 5.69 Å². The lowest BCUT2D eigenvalue weighted by molar-refractivity contribution is -0.119. The number of hydrazine groups is 1. The molecule has 0 spiro atoms. The predicted molar refractivity (Wildman–Crippen MR) is 127 cm³/mol. The first kappa shape index (κ1) is 21.6. The molecule has 5 rings (SSSR count). The van der Waals surface area contributed by atoms with E-state index in [4.69, 9.17) is 28.3 Å². The molecule has 6 nitrogen and oxygen atoms in total. The summed E-state index contributed by atoms with van der Waals surface area (Å²) in [6.07, 6.45) is 3.80. The Bertz CT molecular complexity index is 1050. The predicted octanol–water partition coefficient (Wildman–Crippen LogP) is 5.02. The van der Waals surface area contributed by atoms with Crippen LogP contribution in [0, 0.1) is 17.8 Å². The normalized spacial score (nSPS) is 27.5. The van der Waals surface area contributed by atoms with Gasteiger partial charge in [0.15, 0.2) is 0 Å². The summed E-state index contributed by atoms with van der Waals surface area (Å²) >= 11 is 12.6. The molecular weight excluding hydrogens is 447 g/mol. The van der Waals surface area contributed by atoms with Gasteiger partial charge in [-0.15, -0.1) is 0 Å². The summed E-state index contributed by atoms with van der Waals surface area (Å²) in [6.45, 7) is 3.82. The average Bonchev–Trinajstić information content (AvgIpc) is 3.42. The van der Waals surface area contributed by atoms with Gasteiger partial charge in [0, 0.05) is 24.0 Å². The van der Waals surface area contributed by atoms with Crippen molar-refractivity contribution in [1.82, 2.24) is 10.4 Å². The molecule has 2 aromatic carbocycles. The number of halogens is 2. The topological polar surface area (TPSA) is 68.2 Å². The van der Waals surface area contributed by atoms with Gasteiger partial charge in [-0.3, -0.25) is 15.2 Å². The van der Waals surface area contributed by atoms with Crippen LogP contribution in [0.5, 0.6) is 5.75 Å². The Labute approximate surface area is 197 Å². The minimum absolute atomic E-state index is 0.172. The fourth-order valence-electron chi connectivity index (χ4n) is 5.38. The van der Waals surface area contributed by atoms with Gasteiger partial charge in [-0.05, 0) is 60.6 Å². The molecule has 1 amide bonds. The van der Waals surface area contributed by atoms with Crippen molar-refractivity contribution in [2.75, 3.05) is 18.1 Å². The Morgan fingerprint density at radius 3 is 2.44 bits per heavy atom. The number of amides is 1. The highest BCUT2D eigenvalue weighted by atomic mass is 35.5. The van der Waals surface area contributed by atoms with E-state index < -0.39 is 0 Å². The maximum absolute atomic E-state index is 13.3. The van der Waals surface area contributed by atoms with Gasteiger partial charge in [0.2, 0.25) is 0 Å². The summed E-state index contributed by atoms with van der Waals surface area (Å²) < 4.78 is 0. The minimum atomic E-state index is -0.243. The monoisotopic (exact) mass is 472 g/mol. The number of hydrazone groups is 1. The van der Waals surface area contributed by atoms with Gasteiger partial charge in [0.1, 0.15) is 11.5 Å². The van der Waals surface area contributed by atoms with Gasteiger partial charge in [0.25, 0.3) is 5.91 Å². The van der Waals surface area contributed by atoms with E-state index in [1.807, 2.05) is 25.1 Å². The number of phenolic OH excluding ortho intramolecular Hbond substituents is 1. The fourth-order valence-corrected chi connectivity index (χ4v) is 5.88. The molecule has 0 aromatic heterocycles. The van der Waals surface area contributed by atoms with Gasteiger partial charge >= 0.3 is 0 Å². The minimum Gasteiger partial charge on any atom is -0.508 e. The first-order chi connectivity index (χ1) is 15.4. The molecule has 0 bridgehead atoms. The van der Waals surface area contributed by atoms with Crippen molar-refractivity contribution in [3.63, 3.8) is 0 Å². The van der Waals surface area contributed by atoms with Crippen LogP contribution < -0.4 is 10.4 Å². The van der Waals surface area contributed by atoms with Gasteiger partial charge in [-0.25, -0.2) is 5.01 Å². The van der Waals surface area contributed by atoms with Crippen molar-refractivity contribution < 1.29 is 9.90 Å². The zero-order valence-corrected chi connectivity index (χ0v) is 19.4. The lowest BCUT2D eigenvalue weighted by Gasteiger charge is -2.27. The van der Waals surface area contributed by atoms with Gasteiger partial charge < -0.3 is 5.11 Å². The van der Waals surface area contributed by atoms with Gasteiger partial charge in [-0.1, -0.05) is 48.7 Å². The molecule has 4 atom stereocenters. The number of nitrogens with one attached hydrogen (secondary N) is 1. The van der Waals surface area contributed by atoms with Crippen LogP contribution in [-0.4, -0.2) is 34.8 Å². The molecule has 32 heavy (non-hydrogen) atoms. The van der Waals surface area contributed by atoms with Crippen molar-refractivity contribution in [3.05, 3.63) is 58.1 Å². The Balaban J connectivity index is 1.44. The molecule has 0 radical (unpaired) electrons. The van der Waals surface area contributed by atoms with Crippen molar-refractivity contribution in [1.29, 1.82) is 0 Å². The molecule has 2 heterocycles. The molecule has 2 fully saturated rings. The summed E-state index contributed by atoms with van der Waals surface area (Å²) in [5.41, 5.74) is 5.18. The lowest BCUT2D eigenvalue weighted by atomic mass is 9.91. The number of anilines is 1. The third kappa shape index (κ3) is 3.96. The summed E-state index contributed by atoms with van der Waals surface area (Å²) in [5.74, 6) is 1.20. The summed E-state index contributed by atoms with van der Waals surface area (Å²) in [5, 5.41) is 19.3. The number of benzene rings is 2. The molecule has 1 aliphatic carbocycles. The highest BCUT2D eigenvalue weighted by Crippen LogP contribution is 2.43. The molecule has 2 aromatic rings. The second-order valence-corrected chi connectivity index (χ2v) is 9.89. The number of carbonyl (C=O) groups excluding carboxylic acids is 1. The number of hydrogen-bond acceptors (Lipinski definition) is 5. The van der Waals surface area contributed by atoms with E-state index in [1.165, 1.54) is 19.3 Å². The van der Waals surface area contributed by atoms with Crippen LogP contribution in [0.1, 0.15) is 37.8 Å². The van der Waals surface area contributed by atoms with Crippen LogP contribution >= 0.6 is 23.2 Å². The van der Waals surface area contributed by atoms with Crippen LogP contribution in [0.15, 0.2) is 47.6 Å². The standard InChI is InChI=1S/C24H26Cl2N4O2/c1-14-22(24(32)28-29-12-16-3-2-4-17(16)13-29)27-30(21-10-7-18(25)11-20(21)26)23(14)15-5-8-19(31)9-6-15/h5-11,14,16-17,23,31H,2-4,12-13H2,1H3,(H,28,32)/t14-,16?,17?,23-/m1/s1. The maximum atomic E-state index is 13.3. The van der Waals surface area contributed by atoms with Crippen molar-refractivity contribution in [3.8, 4) is 5.75 Å². The van der Waals surface area contributed by atoms with Crippen molar-refractivity contribution in [2.24, 2.45) is 22.9 Å². The highest BCUT2D eigenvalue weighted by Gasteiger charge is 2.42.